The Kier molecular flexibility index (Phi) is 5.63. The van der Waals surface area contributed by atoms with Gasteiger partial charge in [0.05, 0.1) is 15.8 Å². The molecule has 0 heterocycles. The molecular weight excluding hydrogens is 366 g/mol. The van der Waals surface area contributed by atoms with Gasteiger partial charge in [0.2, 0.25) is 0 Å². The van der Waals surface area contributed by atoms with Crippen molar-refractivity contribution in [3.05, 3.63) is 33.3 Å². The van der Waals surface area contributed by atoms with Crippen molar-refractivity contribution in [1.29, 1.82) is 0 Å². The van der Waals surface area contributed by atoms with Gasteiger partial charge in [0.1, 0.15) is 0 Å². The average Bonchev–Trinajstić information content (AvgIpc) is 2.37. The van der Waals surface area contributed by atoms with Crippen molar-refractivity contribution in [1.82, 2.24) is 4.90 Å². The van der Waals surface area contributed by atoms with E-state index in [2.05, 4.69) is 15.9 Å². The van der Waals surface area contributed by atoms with E-state index in [-0.39, 0.29) is 5.91 Å². The Hall–Kier alpha value is -0.590. The van der Waals surface area contributed by atoms with Crippen molar-refractivity contribution in [2.24, 2.45) is 0 Å². The summed E-state index contributed by atoms with van der Waals surface area (Å²) in [7, 11) is -1.64. The molecule has 0 saturated carbocycles. The standard InChI is InChI=1S/C13H17BrClNO3S/c1-8(9(2)20(4,18)19)16(3)13(17)11-7-10(14)5-6-12(11)15/h5-9H,1-4H3. The molecule has 0 saturated heterocycles. The quantitative estimate of drug-likeness (QED) is 0.804. The van der Waals surface area contributed by atoms with Crippen molar-refractivity contribution in [3.63, 3.8) is 0 Å². The zero-order valence-electron chi connectivity index (χ0n) is 11.7. The van der Waals surface area contributed by atoms with Crippen LogP contribution in [0, 0.1) is 0 Å². The van der Waals surface area contributed by atoms with E-state index in [4.69, 9.17) is 11.6 Å². The molecule has 0 aliphatic carbocycles. The molecule has 1 amide bonds. The van der Waals surface area contributed by atoms with Crippen molar-refractivity contribution in [2.45, 2.75) is 25.1 Å². The minimum absolute atomic E-state index is 0.306. The number of rotatable bonds is 4. The normalized spacial score (nSPS) is 14.7. The van der Waals surface area contributed by atoms with E-state index >= 15 is 0 Å². The predicted octanol–water partition coefficient (Wildman–Crippen LogP) is 3.00. The number of hydrogen-bond donors (Lipinski definition) is 0. The fraction of sp³-hybridized carbons (Fsp3) is 0.462. The van der Waals surface area contributed by atoms with E-state index in [9.17, 15) is 13.2 Å². The number of amides is 1. The van der Waals surface area contributed by atoms with Gasteiger partial charge in [-0.1, -0.05) is 27.5 Å². The van der Waals surface area contributed by atoms with Crippen LogP contribution in [-0.4, -0.2) is 43.8 Å². The number of nitrogens with zero attached hydrogens (tertiary/aromatic N) is 1. The second kappa shape index (κ2) is 6.45. The smallest absolute Gasteiger partial charge is 0.255 e. The second-order valence-electron chi connectivity index (χ2n) is 4.82. The molecule has 1 aromatic rings. The van der Waals surface area contributed by atoms with Crippen LogP contribution in [-0.2, 0) is 9.84 Å². The molecule has 0 aromatic heterocycles. The molecule has 1 aromatic carbocycles. The Bertz CT molecular complexity index is 618. The number of carbonyl (C=O) groups is 1. The highest BCUT2D eigenvalue weighted by Crippen LogP contribution is 2.23. The van der Waals surface area contributed by atoms with Gasteiger partial charge in [0.15, 0.2) is 9.84 Å². The number of halogens is 2. The largest absolute Gasteiger partial charge is 0.338 e. The molecule has 0 N–H and O–H groups in total. The van der Waals surface area contributed by atoms with Crippen LogP contribution in [0.15, 0.2) is 22.7 Å². The fourth-order valence-electron chi connectivity index (χ4n) is 1.71. The summed E-state index contributed by atoms with van der Waals surface area (Å²) in [6.07, 6.45) is 1.17. The van der Waals surface area contributed by atoms with Crippen molar-refractivity contribution >= 4 is 43.3 Å². The highest BCUT2D eigenvalue weighted by molar-refractivity contribution is 9.10. The fourth-order valence-corrected chi connectivity index (χ4v) is 3.17. The topological polar surface area (TPSA) is 54.5 Å². The predicted molar refractivity (Wildman–Crippen MR) is 85.0 cm³/mol. The van der Waals surface area contributed by atoms with Crippen molar-refractivity contribution in [2.75, 3.05) is 13.3 Å². The van der Waals surface area contributed by atoms with Gasteiger partial charge < -0.3 is 4.90 Å². The maximum atomic E-state index is 12.4. The second-order valence-corrected chi connectivity index (χ2v) is 8.54. The number of benzene rings is 1. The zero-order chi connectivity index (χ0) is 15.7. The Balaban J connectivity index is 3.06. The summed E-state index contributed by atoms with van der Waals surface area (Å²) in [6, 6.07) is 4.53. The molecule has 20 heavy (non-hydrogen) atoms. The van der Waals surface area contributed by atoms with Crippen molar-refractivity contribution < 1.29 is 13.2 Å². The molecule has 4 nitrogen and oxygen atoms in total. The Morgan fingerprint density at radius 1 is 1.35 bits per heavy atom. The maximum absolute atomic E-state index is 12.4. The van der Waals surface area contributed by atoms with E-state index in [1.807, 2.05) is 0 Å². The third-order valence-electron chi connectivity index (χ3n) is 3.44. The number of hydrogen-bond acceptors (Lipinski definition) is 3. The SMILES string of the molecule is CC(C(C)S(C)(=O)=O)N(C)C(=O)c1cc(Br)ccc1Cl. The first-order valence-corrected chi connectivity index (χ1v) is 9.09. The van der Waals surface area contributed by atoms with Gasteiger partial charge in [0, 0.05) is 23.8 Å². The monoisotopic (exact) mass is 381 g/mol. The van der Waals surface area contributed by atoms with Crippen LogP contribution >= 0.6 is 27.5 Å². The minimum atomic E-state index is -3.22. The van der Waals surface area contributed by atoms with Gasteiger partial charge in [-0.2, -0.15) is 0 Å². The highest BCUT2D eigenvalue weighted by Gasteiger charge is 2.29. The molecule has 0 fully saturated rings. The van der Waals surface area contributed by atoms with E-state index in [1.54, 1.807) is 39.1 Å². The van der Waals surface area contributed by atoms with Crippen molar-refractivity contribution in [3.8, 4) is 0 Å². The summed E-state index contributed by atoms with van der Waals surface area (Å²) >= 11 is 9.31. The van der Waals surface area contributed by atoms with Gasteiger partial charge in [0.25, 0.3) is 5.91 Å². The molecule has 7 heteroatoms. The number of carbonyl (C=O) groups excluding carboxylic acids is 1. The third-order valence-corrected chi connectivity index (χ3v) is 6.01. The van der Waals surface area contributed by atoms with Crippen LogP contribution in [0.2, 0.25) is 5.02 Å². The molecule has 2 atom stereocenters. The van der Waals surface area contributed by atoms with Gasteiger partial charge in [-0.05, 0) is 32.0 Å². The lowest BCUT2D eigenvalue weighted by Crippen LogP contribution is -2.44. The average molecular weight is 383 g/mol. The van der Waals surface area contributed by atoms with Crippen LogP contribution in [0.3, 0.4) is 0 Å². The Morgan fingerprint density at radius 2 is 1.90 bits per heavy atom. The van der Waals surface area contributed by atoms with Gasteiger partial charge in [-0.15, -0.1) is 0 Å². The van der Waals surface area contributed by atoms with Gasteiger partial charge in [-0.3, -0.25) is 4.79 Å². The van der Waals surface area contributed by atoms with E-state index in [1.165, 1.54) is 11.2 Å². The van der Waals surface area contributed by atoms with E-state index < -0.39 is 21.1 Å². The Morgan fingerprint density at radius 3 is 2.40 bits per heavy atom. The first-order valence-electron chi connectivity index (χ1n) is 5.96. The molecule has 0 radical (unpaired) electrons. The van der Waals surface area contributed by atoms with E-state index in [0.29, 0.717) is 10.6 Å². The third kappa shape index (κ3) is 3.96. The lowest BCUT2D eigenvalue weighted by Gasteiger charge is -2.29. The lowest BCUT2D eigenvalue weighted by atomic mass is 10.1. The van der Waals surface area contributed by atoms with Crippen LogP contribution in [0.25, 0.3) is 0 Å². The maximum Gasteiger partial charge on any atom is 0.255 e. The summed E-state index contributed by atoms with van der Waals surface area (Å²) in [5.41, 5.74) is 0.344. The van der Waals surface area contributed by atoms with Crippen LogP contribution in [0.5, 0.6) is 0 Å². The van der Waals surface area contributed by atoms with Crippen LogP contribution < -0.4 is 0 Å². The molecule has 0 spiro atoms. The molecular formula is C13H17BrClNO3S. The Labute approximate surface area is 133 Å². The van der Waals surface area contributed by atoms with Gasteiger partial charge in [-0.25, -0.2) is 8.42 Å². The first-order chi connectivity index (χ1) is 9.05. The zero-order valence-corrected chi connectivity index (χ0v) is 14.9. The van der Waals surface area contributed by atoms with Crippen LogP contribution in [0.1, 0.15) is 24.2 Å². The first kappa shape index (κ1) is 17.5. The summed E-state index contributed by atoms with van der Waals surface area (Å²) in [6.45, 7) is 3.29. The molecule has 0 aliphatic heterocycles. The summed E-state index contributed by atoms with van der Waals surface area (Å²) in [4.78, 5) is 13.8. The summed E-state index contributed by atoms with van der Waals surface area (Å²) in [5.74, 6) is -0.306. The van der Waals surface area contributed by atoms with E-state index in [0.717, 1.165) is 4.47 Å². The number of sulfone groups is 1. The molecule has 0 aliphatic rings. The molecule has 0 bridgehead atoms. The van der Waals surface area contributed by atoms with Gasteiger partial charge >= 0.3 is 0 Å². The molecule has 112 valence electrons. The lowest BCUT2D eigenvalue weighted by molar-refractivity contribution is 0.0743. The molecule has 2 unspecified atom stereocenters. The summed E-state index contributed by atoms with van der Waals surface area (Å²) < 4.78 is 23.9. The molecule has 1 rings (SSSR count). The summed E-state index contributed by atoms with van der Waals surface area (Å²) in [5, 5.41) is -0.313. The highest BCUT2D eigenvalue weighted by atomic mass is 79.9. The minimum Gasteiger partial charge on any atom is -0.338 e. The van der Waals surface area contributed by atoms with Crippen LogP contribution in [0.4, 0.5) is 0 Å².